The number of nitro groups is 1. The maximum Gasteiger partial charge on any atom is 0.287 e. The van der Waals surface area contributed by atoms with Gasteiger partial charge in [-0.1, -0.05) is 11.6 Å². The van der Waals surface area contributed by atoms with Crippen LogP contribution in [0.2, 0.25) is 5.02 Å². The second kappa shape index (κ2) is 10.2. The van der Waals surface area contributed by atoms with E-state index in [0.717, 1.165) is 6.07 Å². The summed E-state index contributed by atoms with van der Waals surface area (Å²) >= 11 is 5.79. The molecule has 0 heterocycles. The summed E-state index contributed by atoms with van der Waals surface area (Å²) in [5.74, 6) is -0.201. The molecule has 2 amide bonds. The lowest BCUT2D eigenvalue weighted by Crippen LogP contribution is -2.21. The minimum Gasteiger partial charge on any atom is -0.494 e. The molecule has 0 aliphatic rings. The largest absolute Gasteiger partial charge is 0.494 e. The van der Waals surface area contributed by atoms with Gasteiger partial charge >= 0.3 is 0 Å². The van der Waals surface area contributed by atoms with Gasteiger partial charge < -0.3 is 10.1 Å². The molecule has 2 aromatic carbocycles. The van der Waals surface area contributed by atoms with E-state index in [1.54, 1.807) is 31.2 Å². The number of anilines is 1. The molecule has 0 saturated carbocycles. The van der Waals surface area contributed by atoms with Gasteiger partial charge in [-0.3, -0.25) is 19.7 Å². The number of nitrogens with zero attached hydrogens (tertiary/aromatic N) is 2. The van der Waals surface area contributed by atoms with Crippen molar-refractivity contribution >= 4 is 40.5 Å². The molecule has 10 heteroatoms. The van der Waals surface area contributed by atoms with Crippen LogP contribution in [-0.4, -0.2) is 29.1 Å². The molecule has 0 unspecified atom stereocenters. The summed E-state index contributed by atoms with van der Waals surface area (Å²) in [6.45, 7) is 4.02. The van der Waals surface area contributed by atoms with Crippen LogP contribution >= 0.6 is 11.6 Å². The number of amides is 2. The number of nitrogens with one attached hydrogen (secondary N) is 2. The molecule has 152 valence electrons. The second-order valence-corrected chi connectivity index (χ2v) is 6.30. The monoisotopic (exact) mass is 418 g/mol. The zero-order chi connectivity index (χ0) is 21.4. The van der Waals surface area contributed by atoms with Gasteiger partial charge in [0, 0.05) is 23.0 Å². The number of ether oxygens (including phenoxy) is 1. The summed E-state index contributed by atoms with van der Waals surface area (Å²) in [4.78, 5) is 34.3. The fourth-order valence-electron chi connectivity index (χ4n) is 2.29. The SMILES string of the molecule is CCOc1ccc(NC(=O)CC(C)=NNC(=O)c2ccc([N+](=O)[O-])c(Cl)c2)cc1. The predicted molar refractivity (Wildman–Crippen MR) is 110 cm³/mol. The predicted octanol–water partition coefficient (Wildman–Crippen LogP) is 3.78. The third-order valence-corrected chi connectivity index (χ3v) is 3.92. The Kier molecular flexibility index (Phi) is 7.67. The van der Waals surface area contributed by atoms with Gasteiger partial charge in [0.05, 0.1) is 18.0 Å². The van der Waals surface area contributed by atoms with Crippen LogP contribution in [0.4, 0.5) is 11.4 Å². The molecule has 0 saturated heterocycles. The highest BCUT2D eigenvalue weighted by Crippen LogP contribution is 2.24. The van der Waals surface area contributed by atoms with Gasteiger partial charge in [-0.2, -0.15) is 5.10 Å². The van der Waals surface area contributed by atoms with E-state index in [9.17, 15) is 19.7 Å². The Hall–Kier alpha value is -3.46. The topological polar surface area (TPSA) is 123 Å². The van der Waals surface area contributed by atoms with Crippen molar-refractivity contribution in [1.29, 1.82) is 0 Å². The third kappa shape index (κ3) is 6.58. The molecule has 0 aromatic heterocycles. The number of nitro benzene ring substituents is 1. The Morgan fingerprint density at radius 2 is 1.90 bits per heavy atom. The van der Waals surface area contributed by atoms with Crippen LogP contribution in [0.15, 0.2) is 47.6 Å². The second-order valence-electron chi connectivity index (χ2n) is 5.89. The van der Waals surface area contributed by atoms with Crippen molar-refractivity contribution < 1.29 is 19.2 Å². The minimum atomic E-state index is -0.644. The summed E-state index contributed by atoms with van der Waals surface area (Å²) in [7, 11) is 0. The number of hydrogen-bond acceptors (Lipinski definition) is 6. The lowest BCUT2D eigenvalue weighted by Gasteiger charge is -2.07. The Bertz CT molecular complexity index is 944. The number of carbonyl (C=O) groups is 2. The summed E-state index contributed by atoms with van der Waals surface area (Å²) in [6, 6.07) is 10.5. The van der Waals surface area contributed by atoms with E-state index in [1.165, 1.54) is 12.1 Å². The molecule has 0 aliphatic heterocycles. The first kappa shape index (κ1) is 21.8. The van der Waals surface area contributed by atoms with E-state index in [0.29, 0.717) is 23.8 Å². The molecular formula is C19H19ClN4O5. The molecule has 2 rings (SSSR count). The zero-order valence-electron chi connectivity index (χ0n) is 15.8. The standard InChI is InChI=1S/C19H19ClN4O5/c1-3-29-15-7-5-14(6-8-15)21-18(25)10-12(2)22-23-19(26)13-4-9-17(24(27)28)16(20)11-13/h4-9,11H,3,10H2,1-2H3,(H,21,25)(H,23,26). The molecule has 0 atom stereocenters. The Morgan fingerprint density at radius 1 is 1.21 bits per heavy atom. The van der Waals surface area contributed by atoms with Crippen molar-refractivity contribution in [2.75, 3.05) is 11.9 Å². The van der Waals surface area contributed by atoms with Gasteiger partial charge in [-0.25, -0.2) is 5.43 Å². The molecule has 0 bridgehead atoms. The average Bonchev–Trinajstić information content (AvgIpc) is 2.67. The van der Waals surface area contributed by atoms with Crippen LogP contribution in [0.25, 0.3) is 0 Å². The fraction of sp³-hybridized carbons (Fsp3) is 0.211. The summed E-state index contributed by atoms with van der Waals surface area (Å²) in [5.41, 5.74) is 3.08. The van der Waals surface area contributed by atoms with Crippen LogP contribution in [-0.2, 0) is 4.79 Å². The average molecular weight is 419 g/mol. The van der Waals surface area contributed by atoms with E-state index in [-0.39, 0.29) is 28.6 Å². The van der Waals surface area contributed by atoms with Gasteiger partial charge in [0.25, 0.3) is 11.6 Å². The molecule has 0 radical (unpaired) electrons. The van der Waals surface area contributed by atoms with Crippen LogP contribution < -0.4 is 15.5 Å². The third-order valence-electron chi connectivity index (χ3n) is 3.62. The number of rotatable bonds is 8. The highest BCUT2D eigenvalue weighted by atomic mass is 35.5. The van der Waals surface area contributed by atoms with E-state index in [1.807, 2.05) is 6.92 Å². The Morgan fingerprint density at radius 3 is 2.48 bits per heavy atom. The summed E-state index contributed by atoms with van der Waals surface area (Å²) in [5, 5.41) is 17.2. The van der Waals surface area contributed by atoms with Crippen LogP contribution in [0.1, 0.15) is 30.6 Å². The first-order chi connectivity index (χ1) is 13.8. The zero-order valence-corrected chi connectivity index (χ0v) is 16.5. The van der Waals surface area contributed by atoms with Crippen molar-refractivity contribution in [3.8, 4) is 5.75 Å². The summed E-state index contributed by atoms with van der Waals surface area (Å²) in [6.07, 6.45) is -0.0332. The van der Waals surface area contributed by atoms with E-state index >= 15 is 0 Å². The van der Waals surface area contributed by atoms with Crippen molar-refractivity contribution in [3.63, 3.8) is 0 Å². The van der Waals surface area contributed by atoms with Crippen LogP contribution in [0, 0.1) is 10.1 Å². The molecule has 0 spiro atoms. The lowest BCUT2D eigenvalue weighted by molar-refractivity contribution is -0.384. The minimum absolute atomic E-state index is 0.0332. The van der Waals surface area contributed by atoms with Gasteiger partial charge in [0.15, 0.2) is 0 Å². The number of hydrogen-bond donors (Lipinski definition) is 2. The van der Waals surface area contributed by atoms with Crippen molar-refractivity contribution in [2.45, 2.75) is 20.3 Å². The molecule has 9 nitrogen and oxygen atoms in total. The number of halogens is 1. The molecule has 2 aromatic rings. The van der Waals surface area contributed by atoms with Gasteiger partial charge in [-0.15, -0.1) is 0 Å². The highest BCUT2D eigenvalue weighted by molar-refractivity contribution is 6.33. The Labute approximate surface area is 171 Å². The van der Waals surface area contributed by atoms with Crippen LogP contribution in [0.3, 0.4) is 0 Å². The Balaban J connectivity index is 1.90. The fourth-order valence-corrected chi connectivity index (χ4v) is 2.53. The maximum absolute atomic E-state index is 12.1. The van der Waals surface area contributed by atoms with Crippen molar-refractivity contribution in [2.24, 2.45) is 5.10 Å². The number of benzene rings is 2. The smallest absolute Gasteiger partial charge is 0.287 e. The first-order valence-corrected chi connectivity index (χ1v) is 8.98. The van der Waals surface area contributed by atoms with Gasteiger partial charge in [-0.05, 0) is 50.2 Å². The number of hydrazone groups is 1. The molecule has 29 heavy (non-hydrogen) atoms. The van der Waals surface area contributed by atoms with Crippen molar-refractivity contribution in [3.05, 3.63) is 63.2 Å². The quantitative estimate of drug-likeness (QED) is 0.383. The summed E-state index contributed by atoms with van der Waals surface area (Å²) < 4.78 is 5.33. The van der Waals surface area contributed by atoms with E-state index < -0.39 is 10.8 Å². The molecule has 2 N–H and O–H groups in total. The molecule has 0 fully saturated rings. The van der Waals surface area contributed by atoms with E-state index in [2.05, 4.69) is 15.8 Å². The molecule has 0 aliphatic carbocycles. The van der Waals surface area contributed by atoms with Crippen LogP contribution in [0.5, 0.6) is 5.75 Å². The van der Waals surface area contributed by atoms with Gasteiger partial charge in [0.2, 0.25) is 5.91 Å². The first-order valence-electron chi connectivity index (χ1n) is 8.60. The van der Waals surface area contributed by atoms with Crippen molar-refractivity contribution in [1.82, 2.24) is 5.43 Å². The highest BCUT2D eigenvalue weighted by Gasteiger charge is 2.15. The normalized spacial score (nSPS) is 10.9. The van der Waals surface area contributed by atoms with Gasteiger partial charge in [0.1, 0.15) is 10.8 Å². The maximum atomic E-state index is 12.1. The lowest BCUT2D eigenvalue weighted by atomic mass is 10.2. The molecular weight excluding hydrogens is 400 g/mol. The van der Waals surface area contributed by atoms with E-state index in [4.69, 9.17) is 16.3 Å². The number of carbonyl (C=O) groups excluding carboxylic acids is 2.